The zero-order valence-electron chi connectivity index (χ0n) is 14.2. The van der Waals surface area contributed by atoms with Gasteiger partial charge < -0.3 is 19.5 Å². The number of hydrogen-bond donors (Lipinski definition) is 1. The fourth-order valence-electron chi connectivity index (χ4n) is 3.11. The minimum Gasteiger partial charge on any atom is -0.457 e. The fraction of sp³-hybridized carbons (Fsp3) is 0.200. The number of nitrogens with zero attached hydrogens (tertiary/aromatic N) is 2. The molecule has 2 amide bonds. The van der Waals surface area contributed by atoms with Gasteiger partial charge in [0.25, 0.3) is 5.91 Å². The van der Waals surface area contributed by atoms with Crippen molar-refractivity contribution in [1.82, 2.24) is 14.8 Å². The molecule has 2 aromatic carbocycles. The van der Waals surface area contributed by atoms with Gasteiger partial charge in [-0.2, -0.15) is 0 Å². The van der Waals surface area contributed by atoms with E-state index < -0.39 is 0 Å². The molecule has 0 spiro atoms. The van der Waals surface area contributed by atoms with Crippen molar-refractivity contribution >= 4 is 23.2 Å². The van der Waals surface area contributed by atoms with Crippen molar-refractivity contribution in [2.75, 3.05) is 26.2 Å². The van der Waals surface area contributed by atoms with E-state index in [4.69, 9.17) is 4.74 Å². The topological polar surface area (TPSA) is 65.6 Å². The molecule has 1 aromatic heterocycles. The predicted octanol–water partition coefficient (Wildman–Crippen LogP) is 2.87. The highest BCUT2D eigenvalue weighted by molar-refractivity contribution is 5.98. The summed E-state index contributed by atoms with van der Waals surface area (Å²) in [5, 5.41) is 0.924. The van der Waals surface area contributed by atoms with E-state index in [0.29, 0.717) is 31.9 Å². The van der Waals surface area contributed by atoms with Crippen molar-refractivity contribution in [2.45, 2.75) is 0 Å². The van der Waals surface area contributed by atoms with Crippen LogP contribution in [0.1, 0.15) is 10.5 Å². The largest absolute Gasteiger partial charge is 0.457 e. The molecule has 1 fully saturated rings. The van der Waals surface area contributed by atoms with Gasteiger partial charge in [-0.15, -0.1) is 0 Å². The molecular formula is C20H19N3O3. The van der Waals surface area contributed by atoms with E-state index in [1.165, 1.54) is 0 Å². The van der Waals surface area contributed by atoms with Crippen molar-refractivity contribution in [2.24, 2.45) is 0 Å². The molecule has 4 rings (SSSR count). The smallest absolute Gasteiger partial charge is 0.270 e. The van der Waals surface area contributed by atoms with Crippen molar-refractivity contribution in [3.05, 3.63) is 60.3 Å². The maximum atomic E-state index is 12.7. The van der Waals surface area contributed by atoms with E-state index in [0.717, 1.165) is 28.8 Å². The molecule has 132 valence electrons. The molecule has 1 saturated heterocycles. The Morgan fingerprint density at radius 1 is 0.962 bits per heavy atom. The number of benzene rings is 2. The maximum Gasteiger partial charge on any atom is 0.270 e. The van der Waals surface area contributed by atoms with E-state index in [2.05, 4.69) is 4.98 Å². The molecule has 1 N–H and O–H groups in total. The van der Waals surface area contributed by atoms with Crippen LogP contribution in [0.15, 0.2) is 54.6 Å². The number of carbonyl (C=O) groups is 2. The number of ether oxygens (including phenoxy) is 1. The van der Waals surface area contributed by atoms with Gasteiger partial charge in [-0.05, 0) is 36.4 Å². The Balaban J connectivity index is 1.52. The molecule has 0 atom stereocenters. The number of H-pyrrole nitrogens is 1. The van der Waals surface area contributed by atoms with Crippen LogP contribution in [-0.2, 0) is 4.79 Å². The van der Waals surface area contributed by atoms with Gasteiger partial charge in [-0.1, -0.05) is 18.2 Å². The summed E-state index contributed by atoms with van der Waals surface area (Å²) >= 11 is 0. The first kappa shape index (κ1) is 16.2. The first-order valence-electron chi connectivity index (χ1n) is 8.57. The lowest BCUT2D eigenvalue weighted by Crippen LogP contribution is -2.48. The maximum absolute atomic E-state index is 12.7. The van der Waals surface area contributed by atoms with E-state index >= 15 is 0 Å². The average molecular weight is 349 g/mol. The second-order valence-corrected chi connectivity index (χ2v) is 6.28. The van der Waals surface area contributed by atoms with Crippen LogP contribution in [0.2, 0.25) is 0 Å². The Labute approximate surface area is 151 Å². The molecule has 1 aliphatic rings. The Morgan fingerprint density at radius 2 is 1.73 bits per heavy atom. The highest BCUT2D eigenvalue weighted by atomic mass is 16.5. The number of nitrogens with one attached hydrogen (secondary N) is 1. The Bertz CT molecular complexity index is 928. The Morgan fingerprint density at radius 3 is 2.46 bits per heavy atom. The highest BCUT2D eigenvalue weighted by Crippen LogP contribution is 2.26. The summed E-state index contributed by atoms with van der Waals surface area (Å²) in [7, 11) is 0. The number of piperazine rings is 1. The van der Waals surface area contributed by atoms with Gasteiger partial charge in [-0.25, -0.2) is 0 Å². The van der Waals surface area contributed by atoms with Crippen molar-refractivity contribution in [3.63, 3.8) is 0 Å². The fourth-order valence-corrected chi connectivity index (χ4v) is 3.11. The van der Waals surface area contributed by atoms with E-state index in [9.17, 15) is 9.59 Å². The molecule has 6 heteroatoms. The van der Waals surface area contributed by atoms with Crippen LogP contribution < -0.4 is 4.74 Å². The molecule has 3 aromatic rings. The Hall–Kier alpha value is -3.28. The van der Waals surface area contributed by atoms with E-state index in [-0.39, 0.29) is 5.91 Å². The van der Waals surface area contributed by atoms with Crippen LogP contribution in [0.3, 0.4) is 0 Å². The molecule has 6 nitrogen and oxygen atoms in total. The second kappa shape index (κ2) is 6.92. The summed E-state index contributed by atoms with van der Waals surface area (Å²) < 4.78 is 5.85. The van der Waals surface area contributed by atoms with E-state index in [1.807, 2.05) is 54.6 Å². The molecule has 0 unspecified atom stereocenters. The number of aromatic amines is 1. The number of fused-ring (bicyclic) bond motifs is 1. The first-order chi connectivity index (χ1) is 12.7. The van der Waals surface area contributed by atoms with Gasteiger partial charge >= 0.3 is 0 Å². The number of carbonyl (C=O) groups excluding carboxylic acids is 2. The van der Waals surface area contributed by atoms with Crippen molar-refractivity contribution < 1.29 is 14.3 Å². The third-order valence-corrected chi connectivity index (χ3v) is 4.55. The minimum absolute atomic E-state index is 0.0442. The predicted molar refractivity (Wildman–Crippen MR) is 98.4 cm³/mol. The summed E-state index contributed by atoms with van der Waals surface area (Å²) in [6.07, 6.45) is 0.832. The zero-order chi connectivity index (χ0) is 17.9. The molecule has 0 bridgehead atoms. The van der Waals surface area contributed by atoms with Crippen LogP contribution in [0.5, 0.6) is 11.5 Å². The summed E-state index contributed by atoms with van der Waals surface area (Å²) in [5.41, 5.74) is 1.44. The minimum atomic E-state index is -0.0442. The molecule has 0 aliphatic carbocycles. The molecule has 0 radical (unpaired) electrons. The average Bonchev–Trinajstić information content (AvgIpc) is 3.11. The summed E-state index contributed by atoms with van der Waals surface area (Å²) in [6.45, 7) is 2.25. The van der Waals surface area contributed by atoms with Gasteiger partial charge in [0.15, 0.2) is 0 Å². The van der Waals surface area contributed by atoms with Crippen LogP contribution in [-0.4, -0.2) is 53.3 Å². The van der Waals surface area contributed by atoms with Gasteiger partial charge in [0.1, 0.15) is 17.2 Å². The van der Waals surface area contributed by atoms with Gasteiger partial charge in [0.2, 0.25) is 6.41 Å². The number of aromatic nitrogens is 1. The zero-order valence-corrected chi connectivity index (χ0v) is 14.2. The van der Waals surface area contributed by atoms with Gasteiger partial charge in [0.05, 0.1) is 0 Å². The van der Waals surface area contributed by atoms with Crippen LogP contribution in [0.25, 0.3) is 10.9 Å². The standard InChI is InChI=1S/C20H19N3O3/c24-14-22-8-10-23(11-9-22)20(25)19-13-15-12-17(6-7-18(15)21-19)26-16-4-2-1-3-5-16/h1-7,12-14,21H,8-11H2. The van der Waals surface area contributed by atoms with Crippen LogP contribution >= 0.6 is 0 Å². The molecule has 2 heterocycles. The SMILES string of the molecule is O=CN1CCN(C(=O)c2cc3cc(Oc4ccccc4)ccc3[nH]2)CC1. The van der Waals surface area contributed by atoms with E-state index in [1.54, 1.807) is 9.80 Å². The number of rotatable bonds is 4. The van der Waals surface area contributed by atoms with Crippen LogP contribution in [0.4, 0.5) is 0 Å². The molecule has 0 saturated carbocycles. The number of para-hydroxylation sites is 1. The number of amides is 2. The molecule has 1 aliphatic heterocycles. The van der Waals surface area contributed by atoms with Gasteiger partial charge in [-0.3, -0.25) is 9.59 Å². The summed E-state index contributed by atoms with van der Waals surface area (Å²) in [4.78, 5) is 30.1. The van der Waals surface area contributed by atoms with Gasteiger partial charge in [0, 0.05) is 37.1 Å². The van der Waals surface area contributed by atoms with Crippen molar-refractivity contribution in [1.29, 1.82) is 0 Å². The first-order valence-corrected chi connectivity index (χ1v) is 8.57. The third-order valence-electron chi connectivity index (χ3n) is 4.55. The monoisotopic (exact) mass is 349 g/mol. The Kier molecular flexibility index (Phi) is 4.31. The van der Waals surface area contributed by atoms with Crippen molar-refractivity contribution in [3.8, 4) is 11.5 Å². The molecular weight excluding hydrogens is 330 g/mol. The lowest BCUT2D eigenvalue weighted by molar-refractivity contribution is -0.119. The summed E-state index contributed by atoms with van der Waals surface area (Å²) in [5.74, 6) is 1.45. The summed E-state index contributed by atoms with van der Waals surface area (Å²) in [6, 6.07) is 17.1. The number of hydrogen-bond acceptors (Lipinski definition) is 3. The quantitative estimate of drug-likeness (QED) is 0.737. The lowest BCUT2D eigenvalue weighted by atomic mass is 10.2. The highest BCUT2D eigenvalue weighted by Gasteiger charge is 2.22. The lowest BCUT2D eigenvalue weighted by Gasteiger charge is -2.32. The third kappa shape index (κ3) is 3.26. The molecule has 26 heavy (non-hydrogen) atoms. The van der Waals surface area contributed by atoms with Crippen LogP contribution in [0, 0.1) is 0 Å². The normalized spacial score (nSPS) is 14.5. The second-order valence-electron chi connectivity index (χ2n) is 6.28.